The lowest BCUT2D eigenvalue weighted by Crippen LogP contribution is -2.22. The van der Waals surface area contributed by atoms with Crippen LogP contribution in [0.1, 0.15) is 0 Å². The molecule has 1 atom stereocenters. The number of nitrogens with zero attached hydrogens (tertiary/aromatic N) is 1. The van der Waals surface area contributed by atoms with E-state index in [1.54, 1.807) is 18.2 Å². The second-order valence-corrected chi connectivity index (χ2v) is 6.84. The van der Waals surface area contributed by atoms with Crippen molar-refractivity contribution in [3.8, 4) is 5.75 Å². The van der Waals surface area contributed by atoms with Crippen molar-refractivity contribution in [1.82, 2.24) is 4.98 Å². The molecule has 1 aromatic heterocycles. The van der Waals surface area contributed by atoms with Crippen molar-refractivity contribution in [3.05, 3.63) is 18.2 Å². The number of aliphatic hydroxyl groups is 1. The highest BCUT2D eigenvalue weighted by atomic mass is 32.2. The number of sulfonamides is 1. The minimum atomic E-state index is -3.80. The number of thiazole rings is 1. The van der Waals surface area contributed by atoms with Crippen molar-refractivity contribution >= 4 is 31.6 Å². The third kappa shape index (κ3) is 3.64. The topological polar surface area (TPSA) is 112 Å². The van der Waals surface area contributed by atoms with Gasteiger partial charge in [0.2, 0.25) is 4.34 Å². The quantitative estimate of drug-likeness (QED) is 0.794. The molecule has 1 aromatic carbocycles. The fourth-order valence-corrected chi connectivity index (χ4v) is 3.21. The van der Waals surface area contributed by atoms with Crippen molar-refractivity contribution in [1.29, 1.82) is 0 Å². The molecule has 0 spiro atoms. The normalized spacial score (nSPS) is 13.6. The molecule has 3 N–H and O–H groups in total. The molecule has 0 fully saturated rings. The maximum atomic E-state index is 11.2. The summed E-state index contributed by atoms with van der Waals surface area (Å²) in [6.45, 7) is 0.262. The van der Waals surface area contributed by atoms with E-state index in [1.165, 1.54) is 7.11 Å². The van der Waals surface area contributed by atoms with Gasteiger partial charge in [0.15, 0.2) is 0 Å². The number of ether oxygens (including phenoxy) is 2. The van der Waals surface area contributed by atoms with Crippen LogP contribution in [0.4, 0.5) is 0 Å². The Morgan fingerprint density at radius 3 is 2.85 bits per heavy atom. The number of primary sulfonamides is 1. The predicted molar refractivity (Wildman–Crippen MR) is 74.4 cm³/mol. The van der Waals surface area contributed by atoms with E-state index in [9.17, 15) is 13.5 Å². The van der Waals surface area contributed by atoms with Crippen LogP contribution < -0.4 is 9.88 Å². The number of benzene rings is 1. The SMILES string of the molecule is COCC(O)COc1ccc2nc(S(N)(=O)=O)sc2c1. The van der Waals surface area contributed by atoms with Crippen LogP contribution in [0.2, 0.25) is 0 Å². The lowest BCUT2D eigenvalue weighted by molar-refractivity contribution is 0.0326. The molecule has 1 unspecified atom stereocenters. The Morgan fingerprint density at radius 1 is 1.45 bits per heavy atom. The first kappa shape index (κ1) is 15.1. The molecule has 2 aromatic rings. The van der Waals surface area contributed by atoms with Crippen LogP contribution in [-0.2, 0) is 14.8 Å². The molecule has 0 aliphatic rings. The van der Waals surface area contributed by atoms with Gasteiger partial charge in [0.25, 0.3) is 10.0 Å². The first-order valence-corrected chi connectivity index (χ1v) is 7.99. The Kier molecular flexibility index (Phi) is 4.55. The summed E-state index contributed by atoms with van der Waals surface area (Å²) < 4.78 is 33.1. The molecule has 0 bridgehead atoms. The van der Waals surface area contributed by atoms with E-state index in [4.69, 9.17) is 14.6 Å². The fraction of sp³-hybridized carbons (Fsp3) is 0.364. The summed E-state index contributed by atoms with van der Waals surface area (Å²) in [4.78, 5) is 3.93. The molecule has 0 saturated carbocycles. The number of aromatic nitrogens is 1. The molecule has 2 rings (SSSR count). The predicted octanol–water partition coefficient (Wildman–Crippen LogP) is 0.330. The van der Waals surface area contributed by atoms with E-state index >= 15 is 0 Å². The second-order valence-electron chi connectivity index (χ2n) is 4.07. The van der Waals surface area contributed by atoms with Gasteiger partial charge in [0, 0.05) is 7.11 Å². The van der Waals surface area contributed by atoms with Gasteiger partial charge in [-0.25, -0.2) is 18.5 Å². The van der Waals surface area contributed by atoms with Crippen LogP contribution in [0.5, 0.6) is 5.75 Å². The van der Waals surface area contributed by atoms with Crippen LogP contribution in [0, 0.1) is 0 Å². The molecular weight excluding hydrogens is 304 g/mol. The van der Waals surface area contributed by atoms with Gasteiger partial charge in [-0.3, -0.25) is 0 Å². The summed E-state index contributed by atoms with van der Waals surface area (Å²) >= 11 is 0.972. The summed E-state index contributed by atoms with van der Waals surface area (Å²) in [6, 6.07) is 4.94. The van der Waals surface area contributed by atoms with Gasteiger partial charge < -0.3 is 14.6 Å². The van der Waals surface area contributed by atoms with Crippen molar-refractivity contribution in [2.45, 2.75) is 10.4 Å². The molecule has 1 heterocycles. The standard InChI is InChI=1S/C11H14N2O5S2/c1-17-5-7(14)6-18-8-2-3-9-10(4-8)19-11(13-9)20(12,15)16/h2-4,7,14H,5-6H2,1H3,(H2,12,15,16). The molecule has 7 nitrogen and oxygen atoms in total. The molecule has 110 valence electrons. The zero-order valence-electron chi connectivity index (χ0n) is 10.6. The van der Waals surface area contributed by atoms with Gasteiger partial charge in [-0.05, 0) is 18.2 Å². The summed E-state index contributed by atoms with van der Waals surface area (Å²) in [5.74, 6) is 0.511. The van der Waals surface area contributed by atoms with Crippen molar-refractivity contribution < 1.29 is 23.0 Å². The van der Waals surface area contributed by atoms with Crippen molar-refractivity contribution in [2.75, 3.05) is 20.3 Å². The van der Waals surface area contributed by atoms with Gasteiger partial charge >= 0.3 is 0 Å². The smallest absolute Gasteiger partial charge is 0.265 e. The third-order valence-electron chi connectivity index (χ3n) is 2.39. The molecule has 0 saturated heterocycles. The summed E-state index contributed by atoms with van der Waals surface area (Å²) in [5, 5.41) is 14.5. The van der Waals surface area contributed by atoms with E-state index in [-0.39, 0.29) is 17.6 Å². The van der Waals surface area contributed by atoms with E-state index in [0.29, 0.717) is 16.0 Å². The van der Waals surface area contributed by atoms with Gasteiger partial charge in [-0.2, -0.15) is 0 Å². The van der Waals surface area contributed by atoms with E-state index in [2.05, 4.69) is 4.98 Å². The number of hydrogen-bond acceptors (Lipinski definition) is 7. The summed E-state index contributed by atoms with van der Waals surface area (Å²) in [6.07, 6.45) is -0.725. The average Bonchev–Trinajstić information content (AvgIpc) is 2.79. The van der Waals surface area contributed by atoms with E-state index in [0.717, 1.165) is 11.3 Å². The van der Waals surface area contributed by atoms with Gasteiger partial charge in [-0.1, -0.05) is 0 Å². The van der Waals surface area contributed by atoms with Gasteiger partial charge in [0.1, 0.15) is 18.5 Å². The Morgan fingerprint density at radius 2 is 2.20 bits per heavy atom. The number of nitrogens with two attached hydrogens (primary N) is 1. The number of hydrogen-bond donors (Lipinski definition) is 2. The lowest BCUT2D eigenvalue weighted by atomic mass is 10.3. The van der Waals surface area contributed by atoms with Crippen LogP contribution in [-0.4, -0.2) is 44.9 Å². The first-order valence-electron chi connectivity index (χ1n) is 5.63. The maximum absolute atomic E-state index is 11.2. The Hall–Kier alpha value is -1.26. The Bertz CT molecular complexity index is 698. The lowest BCUT2D eigenvalue weighted by Gasteiger charge is -2.11. The summed E-state index contributed by atoms with van der Waals surface area (Å²) in [5.41, 5.74) is 0.531. The zero-order chi connectivity index (χ0) is 14.8. The Balaban J connectivity index is 2.17. The molecule has 20 heavy (non-hydrogen) atoms. The highest BCUT2D eigenvalue weighted by molar-refractivity contribution is 7.91. The highest BCUT2D eigenvalue weighted by Crippen LogP contribution is 2.28. The van der Waals surface area contributed by atoms with E-state index in [1.807, 2.05) is 0 Å². The molecule has 0 aliphatic carbocycles. The Labute approximate surface area is 120 Å². The number of rotatable bonds is 6. The first-order chi connectivity index (χ1) is 9.40. The molecular formula is C11H14N2O5S2. The zero-order valence-corrected chi connectivity index (χ0v) is 12.3. The fourth-order valence-electron chi connectivity index (χ4n) is 1.53. The van der Waals surface area contributed by atoms with Crippen LogP contribution >= 0.6 is 11.3 Å². The number of methoxy groups -OCH3 is 1. The summed E-state index contributed by atoms with van der Waals surface area (Å²) in [7, 11) is -2.31. The highest BCUT2D eigenvalue weighted by Gasteiger charge is 2.15. The maximum Gasteiger partial charge on any atom is 0.265 e. The molecule has 0 radical (unpaired) electrons. The van der Waals surface area contributed by atoms with E-state index < -0.39 is 16.1 Å². The molecule has 9 heteroatoms. The van der Waals surface area contributed by atoms with Crippen LogP contribution in [0.25, 0.3) is 10.2 Å². The van der Waals surface area contributed by atoms with Crippen LogP contribution in [0.3, 0.4) is 0 Å². The molecule has 0 amide bonds. The van der Waals surface area contributed by atoms with Crippen molar-refractivity contribution in [2.24, 2.45) is 5.14 Å². The minimum absolute atomic E-state index is 0.0835. The monoisotopic (exact) mass is 318 g/mol. The third-order valence-corrected chi connectivity index (χ3v) is 4.72. The van der Waals surface area contributed by atoms with Crippen molar-refractivity contribution in [3.63, 3.8) is 0 Å². The van der Waals surface area contributed by atoms with Crippen LogP contribution in [0.15, 0.2) is 22.5 Å². The van der Waals surface area contributed by atoms with Gasteiger partial charge in [0.05, 0.1) is 16.8 Å². The van der Waals surface area contributed by atoms with Gasteiger partial charge in [-0.15, -0.1) is 11.3 Å². The largest absolute Gasteiger partial charge is 0.491 e. The number of aliphatic hydroxyl groups excluding tert-OH is 1. The number of fused-ring (bicyclic) bond motifs is 1. The average molecular weight is 318 g/mol. The minimum Gasteiger partial charge on any atom is -0.491 e. The molecule has 0 aliphatic heterocycles. The second kappa shape index (κ2) is 6.02.